The van der Waals surface area contributed by atoms with E-state index in [0.717, 1.165) is 18.7 Å². The van der Waals surface area contributed by atoms with E-state index in [9.17, 15) is 4.79 Å². The zero-order chi connectivity index (χ0) is 16.7. The zero-order valence-corrected chi connectivity index (χ0v) is 13.7. The van der Waals surface area contributed by atoms with E-state index in [1.165, 1.54) is 11.1 Å². The Kier molecular flexibility index (Phi) is 6.18. The first-order valence-electron chi connectivity index (χ1n) is 7.89. The maximum absolute atomic E-state index is 11.2. The van der Waals surface area contributed by atoms with Gasteiger partial charge in [-0.15, -0.1) is 0 Å². The summed E-state index contributed by atoms with van der Waals surface area (Å²) in [6.45, 7) is 4.65. The van der Waals surface area contributed by atoms with Gasteiger partial charge in [0.2, 0.25) is 5.91 Å². The van der Waals surface area contributed by atoms with Crippen LogP contribution in [0.15, 0.2) is 48.5 Å². The normalized spacial score (nSPS) is 10.6. The Morgan fingerprint density at radius 1 is 1.04 bits per heavy atom. The van der Waals surface area contributed by atoms with Gasteiger partial charge >= 0.3 is 0 Å². The number of amides is 1. The van der Waals surface area contributed by atoms with Crippen molar-refractivity contribution < 1.29 is 9.90 Å². The average molecular weight is 312 g/mol. The molecule has 0 aliphatic carbocycles. The molecule has 0 unspecified atom stereocenters. The Balaban J connectivity index is 1.92. The van der Waals surface area contributed by atoms with Crippen LogP contribution in [0.25, 0.3) is 0 Å². The van der Waals surface area contributed by atoms with E-state index in [0.29, 0.717) is 11.6 Å². The number of aliphatic hydroxyl groups excluding tert-OH is 1. The molecular formula is C19H24N2O2. The van der Waals surface area contributed by atoms with Crippen LogP contribution in [-0.2, 0) is 17.8 Å². The predicted molar refractivity (Wildman–Crippen MR) is 94.5 cm³/mol. The SMILES string of the molecule is CC(C)Cc1ccc(CNc2cccc(NC(=O)CO)c2)cc1. The van der Waals surface area contributed by atoms with Crippen LogP contribution in [0.5, 0.6) is 0 Å². The van der Waals surface area contributed by atoms with Gasteiger partial charge in [-0.2, -0.15) is 0 Å². The lowest BCUT2D eigenvalue weighted by Crippen LogP contribution is -2.15. The predicted octanol–water partition coefficient (Wildman–Crippen LogP) is 3.43. The summed E-state index contributed by atoms with van der Waals surface area (Å²) in [6.07, 6.45) is 1.10. The van der Waals surface area contributed by atoms with E-state index >= 15 is 0 Å². The molecule has 1 amide bonds. The zero-order valence-electron chi connectivity index (χ0n) is 13.7. The van der Waals surface area contributed by atoms with Crippen molar-refractivity contribution >= 4 is 17.3 Å². The van der Waals surface area contributed by atoms with Crippen molar-refractivity contribution in [3.05, 3.63) is 59.7 Å². The topological polar surface area (TPSA) is 61.4 Å². The minimum atomic E-state index is -0.514. The maximum atomic E-state index is 11.2. The third-order valence-electron chi connectivity index (χ3n) is 3.45. The minimum absolute atomic E-state index is 0.414. The van der Waals surface area contributed by atoms with Gasteiger partial charge in [-0.1, -0.05) is 44.2 Å². The quantitative estimate of drug-likeness (QED) is 0.734. The van der Waals surface area contributed by atoms with Crippen molar-refractivity contribution in [3.8, 4) is 0 Å². The number of nitrogens with one attached hydrogen (secondary N) is 2. The Morgan fingerprint density at radius 3 is 2.35 bits per heavy atom. The molecule has 0 spiro atoms. The fraction of sp³-hybridized carbons (Fsp3) is 0.316. The van der Waals surface area contributed by atoms with Crippen LogP contribution in [0.4, 0.5) is 11.4 Å². The Labute approximate surface area is 137 Å². The van der Waals surface area contributed by atoms with E-state index in [-0.39, 0.29) is 0 Å². The third-order valence-corrected chi connectivity index (χ3v) is 3.45. The molecule has 2 aromatic carbocycles. The molecule has 0 atom stereocenters. The van der Waals surface area contributed by atoms with Crippen LogP contribution in [0.1, 0.15) is 25.0 Å². The highest BCUT2D eigenvalue weighted by molar-refractivity contribution is 5.91. The van der Waals surface area contributed by atoms with Crippen molar-refractivity contribution in [2.75, 3.05) is 17.2 Å². The van der Waals surface area contributed by atoms with Crippen LogP contribution in [0, 0.1) is 5.92 Å². The van der Waals surface area contributed by atoms with Crippen molar-refractivity contribution in [1.29, 1.82) is 0 Å². The fourth-order valence-corrected chi connectivity index (χ4v) is 2.38. The molecule has 0 heterocycles. The fourth-order valence-electron chi connectivity index (χ4n) is 2.38. The van der Waals surface area contributed by atoms with Crippen LogP contribution < -0.4 is 10.6 Å². The van der Waals surface area contributed by atoms with Crippen molar-refractivity contribution in [2.24, 2.45) is 5.92 Å². The molecule has 23 heavy (non-hydrogen) atoms. The number of rotatable bonds is 7. The van der Waals surface area contributed by atoms with Gasteiger partial charge < -0.3 is 15.7 Å². The van der Waals surface area contributed by atoms with Crippen molar-refractivity contribution in [2.45, 2.75) is 26.8 Å². The highest BCUT2D eigenvalue weighted by Crippen LogP contribution is 2.16. The third kappa shape index (κ3) is 5.75. The van der Waals surface area contributed by atoms with Gasteiger partial charge in [0.15, 0.2) is 0 Å². The molecule has 4 heteroatoms. The smallest absolute Gasteiger partial charge is 0.250 e. The van der Waals surface area contributed by atoms with Crippen LogP contribution >= 0.6 is 0 Å². The van der Waals surface area contributed by atoms with Gasteiger partial charge in [-0.25, -0.2) is 0 Å². The molecule has 2 aromatic rings. The molecule has 0 aliphatic heterocycles. The molecule has 0 fully saturated rings. The summed E-state index contributed by atoms with van der Waals surface area (Å²) in [7, 11) is 0. The van der Waals surface area contributed by atoms with Gasteiger partial charge in [-0.05, 0) is 41.7 Å². The molecule has 0 saturated heterocycles. The van der Waals surface area contributed by atoms with Gasteiger partial charge in [0.05, 0.1) is 0 Å². The number of carbonyl (C=O) groups excluding carboxylic acids is 1. The molecule has 3 N–H and O–H groups in total. The molecule has 0 aromatic heterocycles. The van der Waals surface area contributed by atoms with E-state index in [4.69, 9.17) is 5.11 Å². The first-order valence-corrected chi connectivity index (χ1v) is 7.89. The minimum Gasteiger partial charge on any atom is -0.387 e. The van der Waals surface area contributed by atoms with E-state index in [1.807, 2.05) is 18.2 Å². The second kappa shape index (κ2) is 8.34. The van der Waals surface area contributed by atoms with Crippen molar-refractivity contribution in [1.82, 2.24) is 0 Å². The Morgan fingerprint density at radius 2 is 1.70 bits per heavy atom. The molecule has 2 rings (SSSR count). The van der Waals surface area contributed by atoms with Crippen molar-refractivity contribution in [3.63, 3.8) is 0 Å². The number of aliphatic hydroxyl groups is 1. The number of hydrogen-bond acceptors (Lipinski definition) is 3. The Bertz CT molecular complexity index is 636. The first kappa shape index (κ1) is 17.0. The average Bonchev–Trinajstić information content (AvgIpc) is 2.54. The number of carbonyl (C=O) groups is 1. The number of anilines is 2. The summed E-state index contributed by atoms with van der Waals surface area (Å²) in [4.78, 5) is 11.2. The second-order valence-corrected chi connectivity index (χ2v) is 6.06. The van der Waals surface area contributed by atoms with Gasteiger partial charge in [-0.3, -0.25) is 4.79 Å². The van der Waals surface area contributed by atoms with Gasteiger partial charge in [0.1, 0.15) is 6.61 Å². The van der Waals surface area contributed by atoms with E-state index in [2.05, 4.69) is 48.7 Å². The lowest BCUT2D eigenvalue weighted by Gasteiger charge is -2.10. The van der Waals surface area contributed by atoms with Crippen LogP contribution in [-0.4, -0.2) is 17.6 Å². The number of benzene rings is 2. The lowest BCUT2D eigenvalue weighted by atomic mass is 10.0. The van der Waals surface area contributed by atoms with Crippen LogP contribution in [0.3, 0.4) is 0 Å². The summed E-state index contributed by atoms with van der Waals surface area (Å²) in [5, 5.41) is 14.7. The van der Waals surface area contributed by atoms with E-state index < -0.39 is 12.5 Å². The highest BCUT2D eigenvalue weighted by atomic mass is 16.3. The molecular weight excluding hydrogens is 288 g/mol. The summed E-state index contributed by atoms with van der Waals surface area (Å²) >= 11 is 0. The van der Waals surface area contributed by atoms with Crippen LogP contribution in [0.2, 0.25) is 0 Å². The van der Waals surface area contributed by atoms with Gasteiger partial charge in [0.25, 0.3) is 0 Å². The molecule has 122 valence electrons. The summed E-state index contributed by atoms with van der Waals surface area (Å²) in [5.41, 5.74) is 4.16. The maximum Gasteiger partial charge on any atom is 0.250 e. The Hall–Kier alpha value is -2.33. The second-order valence-electron chi connectivity index (χ2n) is 6.06. The largest absolute Gasteiger partial charge is 0.387 e. The lowest BCUT2D eigenvalue weighted by molar-refractivity contribution is -0.118. The monoisotopic (exact) mass is 312 g/mol. The van der Waals surface area contributed by atoms with Gasteiger partial charge in [0, 0.05) is 17.9 Å². The summed E-state index contributed by atoms with van der Waals surface area (Å²) in [6, 6.07) is 16.1. The molecule has 0 aliphatic rings. The highest BCUT2D eigenvalue weighted by Gasteiger charge is 2.02. The molecule has 0 saturated carbocycles. The first-order chi connectivity index (χ1) is 11.1. The standard InChI is InChI=1S/C19H24N2O2/c1-14(2)10-15-6-8-16(9-7-15)12-20-17-4-3-5-18(11-17)21-19(23)13-22/h3-9,11,14,20,22H,10,12-13H2,1-2H3,(H,21,23). The summed E-state index contributed by atoms with van der Waals surface area (Å²) < 4.78 is 0. The molecule has 0 bridgehead atoms. The molecule has 4 nitrogen and oxygen atoms in total. The number of hydrogen-bond donors (Lipinski definition) is 3. The molecule has 0 radical (unpaired) electrons. The summed E-state index contributed by atoms with van der Waals surface area (Å²) in [5.74, 6) is 0.249. The van der Waals surface area contributed by atoms with E-state index in [1.54, 1.807) is 6.07 Å².